The number of aliphatic hydroxyl groups excluding tert-OH is 1. The topological polar surface area (TPSA) is 52.6 Å². The zero-order valence-electron chi connectivity index (χ0n) is 11.0. The molecule has 2 N–H and O–H groups in total. The molecule has 0 saturated carbocycles. The van der Waals surface area contributed by atoms with E-state index in [-0.39, 0.29) is 24.6 Å². The molecular formula is C12H26N2O2. The second kappa shape index (κ2) is 8.53. The molecule has 1 amide bonds. The zero-order chi connectivity index (χ0) is 12.6. The van der Waals surface area contributed by atoms with Crippen molar-refractivity contribution < 1.29 is 9.90 Å². The van der Waals surface area contributed by atoms with Crippen molar-refractivity contribution in [1.29, 1.82) is 0 Å². The van der Waals surface area contributed by atoms with Crippen molar-refractivity contribution in [1.82, 2.24) is 10.2 Å². The molecule has 0 aliphatic carbocycles. The number of aliphatic hydroxyl groups is 1. The number of carbonyl (C=O) groups is 1. The summed E-state index contributed by atoms with van der Waals surface area (Å²) in [5.41, 5.74) is 0. The van der Waals surface area contributed by atoms with Gasteiger partial charge in [-0.1, -0.05) is 13.3 Å². The molecule has 0 aromatic rings. The van der Waals surface area contributed by atoms with Crippen LogP contribution in [0.1, 0.15) is 40.5 Å². The Hall–Kier alpha value is -0.610. The fourth-order valence-corrected chi connectivity index (χ4v) is 1.66. The van der Waals surface area contributed by atoms with Gasteiger partial charge in [0.2, 0.25) is 5.91 Å². The normalized spacial score (nSPS) is 13.2. The maximum absolute atomic E-state index is 11.7. The van der Waals surface area contributed by atoms with Gasteiger partial charge >= 0.3 is 0 Å². The lowest BCUT2D eigenvalue weighted by atomic mass is 10.2. The van der Waals surface area contributed by atoms with Crippen molar-refractivity contribution in [2.75, 3.05) is 19.7 Å². The van der Waals surface area contributed by atoms with E-state index in [1.807, 2.05) is 25.7 Å². The lowest BCUT2D eigenvalue weighted by Crippen LogP contribution is -2.44. The van der Waals surface area contributed by atoms with Gasteiger partial charge in [-0.25, -0.2) is 0 Å². The molecule has 0 radical (unpaired) electrons. The maximum Gasteiger partial charge on any atom is 0.234 e. The van der Waals surface area contributed by atoms with Gasteiger partial charge in [0.15, 0.2) is 0 Å². The number of amides is 1. The fourth-order valence-electron chi connectivity index (χ4n) is 1.66. The van der Waals surface area contributed by atoms with Crippen LogP contribution in [0.2, 0.25) is 0 Å². The van der Waals surface area contributed by atoms with Crippen LogP contribution >= 0.6 is 0 Å². The highest BCUT2D eigenvalue weighted by atomic mass is 16.3. The summed E-state index contributed by atoms with van der Waals surface area (Å²) < 4.78 is 0. The summed E-state index contributed by atoms with van der Waals surface area (Å²) >= 11 is 0. The summed E-state index contributed by atoms with van der Waals surface area (Å²) in [4.78, 5) is 13.6. The van der Waals surface area contributed by atoms with E-state index in [2.05, 4.69) is 12.2 Å². The van der Waals surface area contributed by atoms with Crippen molar-refractivity contribution in [2.45, 2.75) is 52.6 Å². The Kier molecular flexibility index (Phi) is 8.21. The standard InChI is InChI=1S/C12H26N2O2/c1-5-6-11(4)13-12(16)9-14(7-8-15)10(2)3/h10-11,15H,5-9H2,1-4H3,(H,13,16). The first kappa shape index (κ1) is 15.4. The Morgan fingerprint density at radius 2 is 2.00 bits per heavy atom. The van der Waals surface area contributed by atoms with Crippen molar-refractivity contribution in [3.05, 3.63) is 0 Å². The SMILES string of the molecule is CCCC(C)NC(=O)CN(CCO)C(C)C. The molecule has 1 atom stereocenters. The van der Waals surface area contributed by atoms with Gasteiger partial charge in [0.05, 0.1) is 13.2 Å². The number of carbonyl (C=O) groups excluding carboxylic acids is 1. The third kappa shape index (κ3) is 6.80. The van der Waals surface area contributed by atoms with E-state index in [1.54, 1.807) is 0 Å². The van der Waals surface area contributed by atoms with Gasteiger partial charge < -0.3 is 10.4 Å². The molecule has 0 aliphatic heterocycles. The van der Waals surface area contributed by atoms with Crippen molar-refractivity contribution in [2.24, 2.45) is 0 Å². The number of nitrogens with zero attached hydrogens (tertiary/aromatic N) is 1. The Morgan fingerprint density at radius 1 is 1.38 bits per heavy atom. The van der Waals surface area contributed by atoms with E-state index >= 15 is 0 Å². The largest absolute Gasteiger partial charge is 0.395 e. The lowest BCUT2D eigenvalue weighted by Gasteiger charge is -2.25. The molecule has 0 rings (SSSR count). The van der Waals surface area contributed by atoms with Crippen LogP contribution in [0.4, 0.5) is 0 Å². The summed E-state index contributed by atoms with van der Waals surface area (Å²) in [5, 5.41) is 11.9. The fraction of sp³-hybridized carbons (Fsp3) is 0.917. The summed E-state index contributed by atoms with van der Waals surface area (Å²) in [6, 6.07) is 0.514. The summed E-state index contributed by atoms with van der Waals surface area (Å²) in [6.45, 7) is 9.19. The lowest BCUT2D eigenvalue weighted by molar-refractivity contribution is -0.123. The number of rotatable bonds is 8. The Morgan fingerprint density at radius 3 is 2.44 bits per heavy atom. The van der Waals surface area contributed by atoms with Crippen molar-refractivity contribution in [3.63, 3.8) is 0 Å². The van der Waals surface area contributed by atoms with Crippen LogP contribution in [-0.2, 0) is 4.79 Å². The molecule has 96 valence electrons. The minimum atomic E-state index is 0.0445. The smallest absolute Gasteiger partial charge is 0.234 e. The first-order valence-corrected chi connectivity index (χ1v) is 6.15. The average Bonchev–Trinajstić information content (AvgIpc) is 2.16. The van der Waals surface area contributed by atoms with Gasteiger partial charge in [-0.05, 0) is 27.2 Å². The second-order valence-electron chi connectivity index (χ2n) is 4.55. The summed E-state index contributed by atoms with van der Waals surface area (Å²) in [7, 11) is 0. The van der Waals surface area contributed by atoms with E-state index in [1.165, 1.54) is 0 Å². The first-order valence-electron chi connectivity index (χ1n) is 6.15. The summed E-state index contributed by atoms with van der Waals surface area (Å²) in [6.07, 6.45) is 2.08. The highest BCUT2D eigenvalue weighted by Gasteiger charge is 2.14. The van der Waals surface area contributed by atoms with Crippen LogP contribution in [0.25, 0.3) is 0 Å². The van der Waals surface area contributed by atoms with Gasteiger partial charge in [0.1, 0.15) is 0 Å². The summed E-state index contributed by atoms with van der Waals surface area (Å²) in [5.74, 6) is 0.0445. The van der Waals surface area contributed by atoms with E-state index in [9.17, 15) is 4.79 Å². The van der Waals surface area contributed by atoms with Gasteiger partial charge in [-0.3, -0.25) is 9.69 Å². The number of hydrogen-bond acceptors (Lipinski definition) is 3. The van der Waals surface area contributed by atoms with E-state index in [4.69, 9.17) is 5.11 Å². The van der Waals surface area contributed by atoms with Crippen LogP contribution in [0.15, 0.2) is 0 Å². The van der Waals surface area contributed by atoms with Gasteiger partial charge in [0.25, 0.3) is 0 Å². The predicted molar refractivity (Wildman–Crippen MR) is 66.3 cm³/mol. The molecule has 4 heteroatoms. The van der Waals surface area contributed by atoms with Crippen molar-refractivity contribution >= 4 is 5.91 Å². The first-order chi connectivity index (χ1) is 7.51. The Labute approximate surface area is 99.0 Å². The third-order valence-electron chi connectivity index (χ3n) is 2.59. The van der Waals surface area contributed by atoms with Crippen LogP contribution in [-0.4, -0.2) is 47.7 Å². The maximum atomic E-state index is 11.7. The molecule has 0 heterocycles. The molecule has 4 nitrogen and oxygen atoms in total. The number of hydrogen-bond donors (Lipinski definition) is 2. The van der Waals surface area contributed by atoms with Crippen LogP contribution in [0.3, 0.4) is 0 Å². The highest BCUT2D eigenvalue weighted by Crippen LogP contribution is 1.98. The molecule has 0 aromatic heterocycles. The van der Waals surface area contributed by atoms with Crippen molar-refractivity contribution in [3.8, 4) is 0 Å². The molecule has 16 heavy (non-hydrogen) atoms. The Bertz CT molecular complexity index is 195. The molecular weight excluding hydrogens is 204 g/mol. The Balaban J connectivity index is 3.99. The second-order valence-corrected chi connectivity index (χ2v) is 4.55. The average molecular weight is 230 g/mol. The van der Waals surface area contributed by atoms with Crippen LogP contribution < -0.4 is 5.32 Å². The minimum absolute atomic E-state index is 0.0445. The van der Waals surface area contributed by atoms with E-state index in [0.717, 1.165) is 12.8 Å². The van der Waals surface area contributed by atoms with E-state index in [0.29, 0.717) is 13.1 Å². The predicted octanol–water partition coefficient (Wildman–Crippen LogP) is 0.994. The molecule has 0 spiro atoms. The third-order valence-corrected chi connectivity index (χ3v) is 2.59. The van der Waals surface area contributed by atoms with Crippen LogP contribution in [0.5, 0.6) is 0 Å². The molecule has 0 fully saturated rings. The molecule has 0 saturated heterocycles. The van der Waals surface area contributed by atoms with Gasteiger partial charge in [0, 0.05) is 18.6 Å². The molecule has 0 aliphatic rings. The van der Waals surface area contributed by atoms with Gasteiger partial charge in [-0.15, -0.1) is 0 Å². The quantitative estimate of drug-likeness (QED) is 0.654. The molecule has 1 unspecified atom stereocenters. The number of nitrogens with one attached hydrogen (secondary N) is 1. The monoisotopic (exact) mass is 230 g/mol. The van der Waals surface area contributed by atoms with E-state index < -0.39 is 0 Å². The molecule has 0 aromatic carbocycles. The van der Waals surface area contributed by atoms with Crippen LogP contribution in [0, 0.1) is 0 Å². The molecule has 0 bridgehead atoms. The minimum Gasteiger partial charge on any atom is -0.395 e. The highest BCUT2D eigenvalue weighted by molar-refractivity contribution is 5.78. The zero-order valence-corrected chi connectivity index (χ0v) is 11.0. The van der Waals surface area contributed by atoms with Gasteiger partial charge in [-0.2, -0.15) is 0 Å².